The van der Waals surface area contributed by atoms with E-state index >= 15 is 0 Å². The van der Waals surface area contributed by atoms with E-state index in [1.54, 1.807) is 0 Å². The molecule has 0 radical (unpaired) electrons. The zero-order valence-electron chi connectivity index (χ0n) is 22.5. The Bertz CT molecular complexity index is 946. The Kier molecular flexibility index (Phi) is 9.58. The van der Waals surface area contributed by atoms with E-state index in [-0.39, 0.29) is 13.2 Å². The first kappa shape index (κ1) is 32.2. The van der Waals surface area contributed by atoms with Crippen molar-refractivity contribution in [2.24, 2.45) is 0 Å². The first-order valence-electron chi connectivity index (χ1n) is 14.0. The van der Waals surface area contributed by atoms with Crippen LogP contribution in [0, 0.1) is 0 Å². The summed E-state index contributed by atoms with van der Waals surface area (Å²) in [4.78, 5) is 0. The summed E-state index contributed by atoms with van der Waals surface area (Å²) >= 11 is 0. The summed E-state index contributed by atoms with van der Waals surface area (Å²) in [5, 5.41) is 103. The van der Waals surface area contributed by atoms with Gasteiger partial charge in [0.25, 0.3) is 0 Å². The highest BCUT2D eigenvalue weighted by atomic mass is 16.8. The zero-order valence-corrected chi connectivity index (χ0v) is 22.5. The van der Waals surface area contributed by atoms with Crippen LogP contribution in [0.3, 0.4) is 0 Å². The molecule has 20 atom stereocenters. The fourth-order valence-corrected chi connectivity index (χ4v) is 6.28. The summed E-state index contributed by atoms with van der Waals surface area (Å²) in [6.07, 6.45) is -27.7. The molecule has 6 heterocycles. The van der Waals surface area contributed by atoms with Crippen molar-refractivity contribution in [3.05, 3.63) is 0 Å². The first-order valence-corrected chi connectivity index (χ1v) is 14.0. The number of ether oxygens (including phenoxy) is 9. The van der Waals surface area contributed by atoms with Crippen LogP contribution in [0.15, 0.2) is 0 Å². The molecule has 6 rings (SSSR count). The third kappa shape index (κ3) is 5.73. The molecule has 19 heteroatoms. The standard InChI is InChI=1S/C24H38O19/c25-1-5-9(27)18(12(30)21(34)37-5)42-24-15(33)20-16(8(40-24)4-36-20)41-23-14(32)19(10(28)6(2-26)38-23)43-22-13(31)17-11(29)7(39-22)3-35-17/h5-34H,1-4H2/t5-,6-,7+,8+,9+,10+,11-,12-,13+,14-,15+,16-,17-,18+,19+,20+,21-,22+,23+,24+/m1/s1. The van der Waals surface area contributed by atoms with E-state index in [1.165, 1.54) is 0 Å². The van der Waals surface area contributed by atoms with Crippen molar-refractivity contribution in [1.82, 2.24) is 0 Å². The topological polar surface area (TPSA) is 285 Å². The molecule has 4 bridgehead atoms. The minimum atomic E-state index is -1.79. The van der Waals surface area contributed by atoms with Gasteiger partial charge in [-0.1, -0.05) is 0 Å². The van der Waals surface area contributed by atoms with Crippen molar-refractivity contribution in [1.29, 1.82) is 0 Å². The van der Waals surface area contributed by atoms with Crippen molar-refractivity contribution >= 4 is 0 Å². The summed E-state index contributed by atoms with van der Waals surface area (Å²) < 4.78 is 50.0. The second-order valence-corrected chi connectivity index (χ2v) is 11.4. The lowest BCUT2D eigenvalue weighted by Gasteiger charge is -2.47. The molecule has 0 aromatic carbocycles. The third-order valence-electron chi connectivity index (χ3n) is 8.70. The number of hydrogen-bond acceptors (Lipinski definition) is 19. The van der Waals surface area contributed by atoms with Crippen molar-refractivity contribution in [2.75, 3.05) is 26.4 Å². The number of aliphatic hydroxyl groups is 10. The monoisotopic (exact) mass is 630 g/mol. The smallest absolute Gasteiger partial charge is 0.187 e. The van der Waals surface area contributed by atoms with Gasteiger partial charge in [-0.2, -0.15) is 0 Å². The molecule has 19 nitrogen and oxygen atoms in total. The Morgan fingerprint density at radius 3 is 1.60 bits per heavy atom. The van der Waals surface area contributed by atoms with Crippen LogP contribution in [0.25, 0.3) is 0 Å². The average Bonchev–Trinajstić information content (AvgIpc) is 3.45. The molecule has 0 amide bonds. The molecule has 0 aliphatic carbocycles. The lowest BCUT2D eigenvalue weighted by molar-refractivity contribution is -0.372. The van der Waals surface area contributed by atoms with Gasteiger partial charge in [0.2, 0.25) is 0 Å². The van der Waals surface area contributed by atoms with Gasteiger partial charge >= 0.3 is 0 Å². The van der Waals surface area contributed by atoms with Crippen LogP contribution in [-0.2, 0) is 42.6 Å². The minimum absolute atomic E-state index is 0.000819. The zero-order chi connectivity index (χ0) is 30.7. The molecule has 0 unspecified atom stereocenters. The molecule has 0 spiro atoms. The molecule has 0 aromatic rings. The molecule has 248 valence electrons. The summed E-state index contributed by atoms with van der Waals surface area (Å²) in [5.41, 5.74) is 0. The second kappa shape index (κ2) is 12.8. The van der Waals surface area contributed by atoms with Crippen LogP contribution in [0.4, 0.5) is 0 Å². The molecule has 10 N–H and O–H groups in total. The van der Waals surface area contributed by atoms with Gasteiger partial charge in [-0.15, -0.1) is 0 Å². The lowest BCUT2D eigenvalue weighted by atomic mass is 9.96. The van der Waals surface area contributed by atoms with E-state index in [1.807, 2.05) is 0 Å². The Morgan fingerprint density at radius 1 is 0.465 bits per heavy atom. The highest BCUT2D eigenvalue weighted by Gasteiger charge is 2.58. The largest absolute Gasteiger partial charge is 0.394 e. The Labute approximate surface area is 243 Å². The van der Waals surface area contributed by atoms with Crippen molar-refractivity contribution in [2.45, 2.75) is 123 Å². The van der Waals surface area contributed by atoms with Crippen LogP contribution in [-0.4, -0.2) is 200 Å². The molecule has 6 aliphatic rings. The number of fused-ring (bicyclic) bond motifs is 4. The van der Waals surface area contributed by atoms with E-state index in [2.05, 4.69) is 0 Å². The molecule has 6 saturated heterocycles. The maximum absolute atomic E-state index is 11.1. The van der Waals surface area contributed by atoms with Gasteiger partial charge in [-0.3, -0.25) is 0 Å². The molecular weight excluding hydrogens is 592 g/mol. The van der Waals surface area contributed by atoms with Gasteiger partial charge in [-0.25, -0.2) is 0 Å². The van der Waals surface area contributed by atoms with Crippen LogP contribution in [0.1, 0.15) is 0 Å². The SMILES string of the molecule is OC[C@H]1O[C@@H](O)[C@H](O)[C@@H](O[C@@H]2O[C@H]3CO[C@@H]([C@@H]2O)[C@@H]3O[C@@H]2O[C@H](CO)[C@H](O)[C@H](O[C@@H]3O[C@H]4CO[C@@H]([C@@H]3O)[C@@H]4O)[C@H]2O)[C@H]1O. The molecule has 6 fully saturated rings. The normalized spacial score (nSPS) is 56.8. The Balaban J connectivity index is 1.12. The van der Waals surface area contributed by atoms with E-state index in [4.69, 9.17) is 42.6 Å². The van der Waals surface area contributed by atoms with E-state index in [9.17, 15) is 51.1 Å². The second-order valence-electron chi connectivity index (χ2n) is 11.4. The van der Waals surface area contributed by atoms with Crippen LogP contribution in [0.5, 0.6) is 0 Å². The van der Waals surface area contributed by atoms with Gasteiger partial charge < -0.3 is 93.7 Å². The summed E-state index contributed by atoms with van der Waals surface area (Å²) in [6.45, 7) is -1.52. The van der Waals surface area contributed by atoms with Crippen molar-refractivity contribution < 1.29 is 93.7 Å². The minimum Gasteiger partial charge on any atom is -0.394 e. The average molecular weight is 631 g/mol. The molecule has 0 saturated carbocycles. The molecule has 6 aliphatic heterocycles. The predicted octanol–water partition coefficient (Wildman–Crippen LogP) is -7.66. The third-order valence-corrected chi connectivity index (χ3v) is 8.70. The number of aliphatic hydroxyl groups excluding tert-OH is 10. The van der Waals surface area contributed by atoms with Gasteiger partial charge in [0, 0.05) is 0 Å². The number of hydrogen-bond donors (Lipinski definition) is 10. The van der Waals surface area contributed by atoms with Crippen LogP contribution in [0.2, 0.25) is 0 Å². The van der Waals surface area contributed by atoms with Gasteiger partial charge in [0.05, 0.1) is 26.4 Å². The maximum atomic E-state index is 11.1. The Hall–Kier alpha value is -0.760. The fourth-order valence-electron chi connectivity index (χ4n) is 6.28. The molecule has 0 aromatic heterocycles. The molecule has 43 heavy (non-hydrogen) atoms. The highest BCUT2D eigenvalue weighted by Crippen LogP contribution is 2.38. The van der Waals surface area contributed by atoms with E-state index in [0.29, 0.717) is 0 Å². The van der Waals surface area contributed by atoms with E-state index < -0.39 is 136 Å². The Morgan fingerprint density at radius 2 is 0.953 bits per heavy atom. The van der Waals surface area contributed by atoms with Crippen LogP contribution < -0.4 is 0 Å². The first-order chi connectivity index (χ1) is 20.5. The summed E-state index contributed by atoms with van der Waals surface area (Å²) in [7, 11) is 0. The summed E-state index contributed by atoms with van der Waals surface area (Å²) in [6, 6.07) is 0. The highest BCUT2D eigenvalue weighted by molar-refractivity contribution is 5.01. The van der Waals surface area contributed by atoms with Gasteiger partial charge in [0.15, 0.2) is 25.2 Å². The summed E-state index contributed by atoms with van der Waals surface area (Å²) in [5.74, 6) is 0. The fraction of sp³-hybridized carbons (Fsp3) is 1.00. The van der Waals surface area contributed by atoms with E-state index in [0.717, 1.165) is 0 Å². The van der Waals surface area contributed by atoms with Crippen molar-refractivity contribution in [3.63, 3.8) is 0 Å². The van der Waals surface area contributed by atoms with Crippen LogP contribution >= 0.6 is 0 Å². The quantitative estimate of drug-likeness (QED) is 0.119. The maximum Gasteiger partial charge on any atom is 0.187 e. The lowest BCUT2D eigenvalue weighted by Crippen LogP contribution is -2.65. The van der Waals surface area contributed by atoms with Gasteiger partial charge in [-0.05, 0) is 0 Å². The number of rotatable bonds is 8. The predicted molar refractivity (Wildman–Crippen MR) is 127 cm³/mol. The van der Waals surface area contributed by atoms with Gasteiger partial charge in [0.1, 0.15) is 97.7 Å². The van der Waals surface area contributed by atoms with Crippen molar-refractivity contribution in [3.8, 4) is 0 Å². The molecular formula is C24H38O19.